The molecule has 3 nitrogen and oxygen atoms in total. The Morgan fingerprint density at radius 3 is 2.00 bits per heavy atom. The van der Waals surface area contributed by atoms with Crippen LogP contribution >= 0.6 is 0 Å². The van der Waals surface area contributed by atoms with Crippen LogP contribution in [-0.2, 0) is 14.3 Å². The quantitative estimate of drug-likeness (QED) is 0.808. The fraction of sp³-hybridized carbons (Fsp3) is 0.222. The molecular weight excluding hydrogens is 296 g/mol. The van der Waals surface area contributed by atoms with Gasteiger partial charge in [0.1, 0.15) is 6.10 Å². The van der Waals surface area contributed by atoms with Crippen molar-refractivity contribution >= 4 is 21.3 Å². The summed E-state index contributed by atoms with van der Waals surface area (Å²) in [5, 5.41) is 0. The van der Waals surface area contributed by atoms with Gasteiger partial charge in [0.05, 0.1) is 6.26 Å². The van der Waals surface area contributed by atoms with Crippen molar-refractivity contribution in [2.24, 2.45) is 0 Å². The van der Waals surface area contributed by atoms with Crippen LogP contribution in [0, 0.1) is 0 Å². The van der Waals surface area contributed by atoms with Gasteiger partial charge in [0.15, 0.2) is 0 Å². The maximum Gasteiger partial charge on any atom is 0.264 e. The lowest BCUT2D eigenvalue weighted by molar-refractivity contribution is 0.265. The monoisotopic (exact) mass is 314 g/mol. The van der Waals surface area contributed by atoms with Crippen molar-refractivity contribution in [3.63, 3.8) is 0 Å². The third-order valence-electron chi connectivity index (χ3n) is 3.80. The highest BCUT2D eigenvalue weighted by molar-refractivity contribution is 7.86. The Hall–Kier alpha value is -1.91. The van der Waals surface area contributed by atoms with Gasteiger partial charge in [0.2, 0.25) is 0 Å². The van der Waals surface area contributed by atoms with E-state index in [9.17, 15) is 8.42 Å². The van der Waals surface area contributed by atoms with Crippen LogP contribution in [0.4, 0.5) is 0 Å². The number of hydrogen-bond donors (Lipinski definition) is 0. The van der Waals surface area contributed by atoms with Crippen molar-refractivity contribution in [1.29, 1.82) is 0 Å². The second-order valence-electron chi connectivity index (χ2n) is 5.45. The number of rotatable bonds is 4. The molecule has 1 unspecified atom stereocenters. The second kappa shape index (κ2) is 6.07. The molecule has 1 aliphatic rings. The maximum atomic E-state index is 11.6. The molecule has 114 valence electrons. The molecule has 0 aromatic heterocycles. The first-order chi connectivity index (χ1) is 10.5. The lowest BCUT2D eigenvalue weighted by Gasteiger charge is -2.16. The first-order valence-electron chi connectivity index (χ1n) is 7.27. The summed E-state index contributed by atoms with van der Waals surface area (Å²) in [6, 6.07) is 20.0. The predicted octanol–water partition coefficient (Wildman–Crippen LogP) is 3.74. The molecule has 4 heteroatoms. The molecule has 22 heavy (non-hydrogen) atoms. The number of hydrogen-bond acceptors (Lipinski definition) is 3. The van der Waals surface area contributed by atoms with Gasteiger partial charge in [-0.3, -0.25) is 4.18 Å². The molecule has 0 radical (unpaired) electrons. The van der Waals surface area contributed by atoms with Crippen LogP contribution in [0.15, 0.2) is 60.7 Å². The minimum Gasteiger partial charge on any atom is -0.262 e. The van der Waals surface area contributed by atoms with Crippen LogP contribution in [0.5, 0.6) is 0 Å². The number of allylic oxidation sites excluding steroid dienone is 1. The molecule has 0 N–H and O–H groups in total. The van der Waals surface area contributed by atoms with Crippen LogP contribution in [0.2, 0.25) is 0 Å². The minimum absolute atomic E-state index is 0.410. The van der Waals surface area contributed by atoms with Crippen LogP contribution in [0.1, 0.15) is 24.0 Å². The zero-order chi connectivity index (χ0) is 15.6. The van der Waals surface area contributed by atoms with Crippen LogP contribution in [0.3, 0.4) is 0 Å². The Kier molecular flexibility index (Phi) is 4.14. The fourth-order valence-corrected chi connectivity index (χ4v) is 3.59. The van der Waals surface area contributed by atoms with E-state index in [0.717, 1.165) is 29.4 Å². The summed E-state index contributed by atoms with van der Waals surface area (Å²) in [7, 11) is -3.49. The van der Waals surface area contributed by atoms with Crippen molar-refractivity contribution in [1.82, 2.24) is 0 Å². The zero-order valence-electron chi connectivity index (χ0n) is 12.4. The summed E-state index contributed by atoms with van der Waals surface area (Å²) in [4.78, 5) is 0. The average Bonchev–Trinajstić information content (AvgIpc) is 2.90. The van der Waals surface area contributed by atoms with Crippen molar-refractivity contribution in [3.05, 3.63) is 71.8 Å². The molecule has 1 atom stereocenters. The van der Waals surface area contributed by atoms with E-state index in [1.807, 2.05) is 48.5 Å². The molecule has 2 aromatic carbocycles. The van der Waals surface area contributed by atoms with E-state index in [1.165, 1.54) is 5.57 Å². The molecule has 0 spiro atoms. The van der Waals surface area contributed by atoms with Gasteiger partial charge in [0.25, 0.3) is 10.1 Å². The number of benzene rings is 2. The van der Waals surface area contributed by atoms with Crippen molar-refractivity contribution in [2.75, 3.05) is 6.26 Å². The Morgan fingerprint density at radius 1 is 0.909 bits per heavy atom. The Balaban J connectivity index is 2.11. The van der Waals surface area contributed by atoms with Crippen molar-refractivity contribution < 1.29 is 12.6 Å². The normalized spacial score (nSPS) is 18.7. The van der Waals surface area contributed by atoms with Gasteiger partial charge in [0, 0.05) is 0 Å². The van der Waals surface area contributed by atoms with Gasteiger partial charge in [-0.1, -0.05) is 60.7 Å². The van der Waals surface area contributed by atoms with Gasteiger partial charge in [-0.2, -0.15) is 8.42 Å². The third-order valence-corrected chi connectivity index (χ3v) is 4.38. The van der Waals surface area contributed by atoms with Crippen LogP contribution < -0.4 is 0 Å². The average molecular weight is 314 g/mol. The molecule has 0 heterocycles. The summed E-state index contributed by atoms with van der Waals surface area (Å²) >= 11 is 0. The van der Waals surface area contributed by atoms with Gasteiger partial charge >= 0.3 is 0 Å². The van der Waals surface area contributed by atoms with E-state index in [1.54, 1.807) is 0 Å². The lowest BCUT2D eigenvalue weighted by Crippen LogP contribution is -2.16. The molecule has 0 aliphatic heterocycles. The van der Waals surface area contributed by atoms with E-state index < -0.39 is 16.2 Å². The van der Waals surface area contributed by atoms with Gasteiger partial charge in [-0.25, -0.2) is 0 Å². The summed E-state index contributed by atoms with van der Waals surface area (Å²) in [5.41, 5.74) is 4.30. The fourth-order valence-electron chi connectivity index (χ4n) is 2.97. The summed E-state index contributed by atoms with van der Waals surface area (Å²) in [6.45, 7) is 0. The molecule has 0 amide bonds. The standard InChI is InChI=1S/C18H18O3S/c1-22(19,20)21-17-13-12-16(14-8-4-2-5-9-14)18(17)15-10-6-3-7-11-15/h2-11,17H,12-13H2,1H3. The van der Waals surface area contributed by atoms with E-state index in [4.69, 9.17) is 4.18 Å². The first kappa shape index (κ1) is 15.0. The molecular formula is C18H18O3S. The molecule has 3 rings (SSSR count). The summed E-state index contributed by atoms with van der Waals surface area (Å²) in [5.74, 6) is 0. The van der Waals surface area contributed by atoms with Gasteiger partial charge < -0.3 is 0 Å². The second-order valence-corrected chi connectivity index (χ2v) is 7.05. The highest BCUT2D eigenvalue weighted by Crippen LogP contribution is 2.41. The van der Waals surface area contributed by atoms with E-state index in [-0.39, 0.29) is 0 Å². The third kappa shape index (κ3) is 3.29. The molecule has 0 saturated carbocycles. The molecule has 0 saturated heterocycles. The van der Waals surface area contributed by atoms with Crippen molar-refractivity contribution in [3.8, 4) is 0 Å². The predicted molar refractivity (Wildman–Crippen MR) is 88.6 cm³/mol. The summed E-state index contributed by atoms with van der Waals surface area (Å²) in [6.07, 6.45) is 2.19. The largest absolute Gasteiger partial charge is 0.264 e. The topological polar surface area (TPSA) is 43.4 Å². The highest BCUT2D eigenvalue weighted by atomic mass is 32.2. The van der Waals surface area contributed by atoms with E-state index in [0.29, 0.717) is 6.42 Å². The molecule has 0 fully saturated rings. The van der Waals surface area contributed by atoms with Crippen molar-refractivity contribution in [2.45, 2.75) is 18.9 Å². The van der Waals surface area contributed by atoms with Crippen LogP contribution in [-0.4, -0.2) is 20.8 Å². The van der Waals surface area contributed by atoms with E-state index in [2.05, 4.69) is 12.1 Å². The zero-order valence-corrected chi connectivity index (χ0v) is 13.2. The Bertz CT molecular complexity index is 778. The van der Waals surface area contributed by atoms with Gasteiger partial charge in [-0.15, -0.1) is 0 Å². The van der Waals surface area contributed by atoms with E-state index >= 15 is 0 Å². The molecule has 1 aliphatic carbocycles. The lowest BCUT2D eigenvalue weighted by atomic mass is 9.96. The first-order valence-corrected chi connectivity index (χ1v) is 9.08. The van der Waals surface area contributed by atoms with Gasteiger partial charge in [-0.05, 0) is 35.1 Å². The Labute approximate surface area is 131 Å². The smallest absolute Gasteiger partial charge is 0.262 e. The Morgan fingerprint density at radius 2 is 1.45 bits per heavy atom. The highest BCUT2D eigenvalue weighted by Gasteiger charge is 2.30. The molecule has 2 aromatic rings. The maximum absolute atomic E-state index is 11.6. The minimum atomic E-state index is -3.49. The molecule has 0 bridgehead atoms. The SMILES string of the molecule is CS(=O)(=O)OC1CCC(c2ccccc2)=C1c1ccccc1. The van der Waals surface area contributed by atoms with Crippen LogP contribution in [0.25, 0.3) is 11.1 Å². The summed E-state index contributed by atoms with van der Waals surface area (Å²) < 4.78 is 28.5.